The molecule has 0 radical (unpaired) electrons. The van der Waals surface area contributed by atoms with Crippen molar-refractivity contribution in [2.45, 2.75) is 82.7 Å². The van der Waals surface area contributed by atoms with Gasteiger partial charge < -0.3 is 29.7 Å². The molecule has 0 unspecified atom stereocenters. The molecule has 1 saturated carbocycles. The van der Waals surface area contributed by atoms with E-state index in [0.29, 0.717) is 52.8 Å². The second-order valence-electron chi connectivity index (χ2n) is 20.0. The summed E-state index contributed by atoms with van der Waals surface area (Å²) in [4.78, 5) is 28.0. The largest absolute Gasteiger partial charge is 0.486 e. The molecule has 11 rings (SSSR count). The van der Waals surface area contributed by atoms with Crippen LogP contribution in [0.3, 0.4) is 0 Å². The quantitative estimate of drug-likeness (QED) is 0.0860. The monoisotopic (exact) mass is 945 g/mol. The van der Waals surface area contributed by atoms with E-state index in [1.54, 1.807) is 6.07 Å². The Bertz CT molecular complexity index is 3230. The number of hydrogen-bond donors (Lipinski definition) is 2. The lowest BCUT2D eigenvalue weighted by Crippen LogP contribution is -2.50. The normalized spacial score (nSPS) is 16.7. The molecule has 1 aliphatic carbocycles. The van der Waals surface area contributed by atoms with Crippen LogP contribution in [0.25, 0.3) is 32.9 Å². The molecule has 3 aliphatic rings. The van der Waals surface area contributed by atoms with Gasteiger partial charge in [0.25, 0.3) is 0 Å². The van der Waals surface area contributed by atoms with Gasteiger partial charge in [-0.1, -0.05) is 109 Å². The van der Waals surface area contributed by atoms with Gasteiger partial charge >= 0.3 is 6.09 Å². The highest BCUT2D eigenvalue weighted by atomic mass is 19.1. The average molecular weight is 946 g/mol. The number of ether oxygens (including phenoxy) is 2. The third-order valence-electron chi connectivity index (χ3n) is 14.2. The van der Waals surface area contributed by atoms with Crippen molar-refractivity contribution in [2.75, 3.05) is 36.5 Å². The maximum atomic E-state index is 17.1. The van der Waals surface area contributed by atoms with Crippen LogP contribution < -0.4 is 15.0 Å². The highest BCUT2D eigenvalue weighted by molar-refractivity contribution is 6.06. The molecule has 1 amide bonds. The molecule has 2 N–H and O–H groups in total. The predicted octanol–water partition coefficient (Wildman–Crippen LogP) is 11.0. The molecule has 358 valence electrons. The van der Waals surface area contributed by atoms with E-state index < -0.39 is 17.0 Å². The lowest BCUT2D eigenvalue weighted by Gasteiger charge is -2.36. The number of aliphatic hydroxyl groups is 1. The van der Waals surface area contributed by atoms with E-state index >= 15 is 4.39 Å². The van der Waals surface area contributed by atoms with E-state index in [4.69, 9.17) is 31.0 Å². The molecule has 3 fully saturated rings. The number of amides is 1. The minimum atomic E-state index is -0.958. The maximum Gasteiger partial charge on any atom is 0.410 e. The number of aromatic nitrogens is 4. The molecule has 0 spiro atoms. The Labute approximate surface area is 413 Å². The van der Waals surface area contributed by atoms with Crippen LogP contribution in [0.5, 0.6) is 5.75 Å². The highest BCUT2D eigenvalue weighted by Crippen LogP contribution is 2.54. The van der Waals surface area contributed by atoms with Gasteiger partial charge in [0.2, 0.25) is 5.95 Å². The SMILES string of the molecule is C#Cc1ccc(COc2c(-c3c(C)c(F)cc4nn(C(c5ccccc5)(c5ccccc5)c5ccccc5)cc34)c(C3CC3)cc3c(N4C[C@@H]5C[C@H]4CN5C(=O)OC(C)(C)C)nc(NCCO)nc23)cc1. The number of piperazine rings is 1. The van der Waals surface area contributed by atoms with Gasteiger partial charge in [-0.15, -0.1) is 6.42 Å². The Morgan fingerprint density at radius 1 is 0.845 bits per heavy atom. The van der Waals surface area contributed by atoms with Crippen molar-refractivity contribution < 1.29 is 23.8 Å². The van der Waals surface area contributed by atoms with Gasteiger partial charge in [0.15, 0.2) is 5.75 Å². The molecular weight excluding hydrogens is 890 g/mol. The van der Waals surface area contributed by atoms with E-state index in [1.807, 2.05) is 116 Å². The summed E-state index contributed by atoms with van der Waals surface area (Å²) in [6, 6.07) is 42.3. The number of benzene rings is 6. The molecule has 11 nitrogen and oxygen atoms in total. The number of terminal acetylenes is 1. The van der Waals surface area contributed by atoms with E-state index in [1.165, 1.54) is 0 Å². The minimum absolute atomic E-state index is 0.0329. The van der Waals surface area contributed by atoms with Crippen molar-refractivity contribution in [3.05, 3.63) is 178 Å². The van der Waals surface area contributed by atoms with Crippen molar-refractivity contribution in [2.24, 2.45) is 0 Å². The van der Waals surface area contributed by atoms with Gasteiger partial charge in [-0.3, -0.25) is 4.68 Å². The molecule has 2 aliphatic heterocycles. The Hall–Kier alpha value is -7.75. The van der Waals surface area contributed by atoms with E-state index in [9.17, 15) is 9.90 Å². The van der Waals surface area contributed by atoms with Gasteiger partial charge in [0, 0.05) is 59.4 Å². The first-order chi connectivity index (χ1) is 34.4. The Morgan fingerprint density at radius 2 is 1.49 bits per heavy atom. The molecule has 71 heavy (non-hydrogen) atoms. The predicted molar refractivity (Wildman–Crippen MR) is 276 cm³/mol. The lowest BCUT2D eigenvalue weighted by atomic mass is 9.77. The summed E-state index contributed by atoms with van der Waals surface area (Å²) in [5.41, 5.74) is 6.97. The fourth-order valence-electron chi connectivity index (χ4n) is 10.8. The first-order valence-corrected chi connectivity index (χ1v) is 24.5. The Balaban J connectivity index is 1.16. The summed E-state index contributed by atoms with van der Waals surface area (Å²) in [5, 5.41) is 20.2. The number of hydrogen-bond acceptors (Lipinski definition) is 9. The Kier molecular flexibility index (Phi) is 11.7. The van der Waals surface area contributed by atoms with E-state index in [-0.39, 0.29) is 43.9 Å². The summed E-state index contributed by atoms with van der Waals surface area (Å²) in [7, 11) is 0. The number of fused-ring (bicyclic) bond motifs is 4. The van der Waals surface area contributed by atoms with Crippen LogP contribution in [0.4, 0.5) is 21.0 Å². The molecule has 12 heteroatoms. The van der Waals surface area contributed by atoms with Gasteiger partial charge in [-0.2, -0.15) is 10.1 Å². The number of carbonyl (C=O) groups excluding carboxylic acids is 1. The maximum absolute atomic E-state index is 17.1. The van der Waals surface area contributed by atoms with E-state index in [0.717, 1.165) is 69.0 Å². The van der Waals surface area contributed by atoms with Crippen molar-refractivity contribution in [3.63, 3.8) is 0 Å². The number of nitrogens with zero attached hydrogens (tertiary/aromatic N) is 6. The zero-order valence-electron chi connectivity index (χ0n) is 40.4. The summed E-state index contributed by atoms with van der Waals surface area (Å²) >= 11 is 0. The molecule has 2 aromatic heterocycles. The summed E-state index contributed by atoms with van der Waals surface area (Å²) in [6.07, 6.45) is 10.2. The average Bonchev–Trinajstić information content (AvgIpc) is 3.82. The number of rotatable bonds is 13. The smallest absolute Gasteiger partial charge is 0.410 e. The Morgan fingerprint density at radius 3 is 2.06 bits per heavy atom. The van der Waals surface area contributed by atoms with Crippen molar-refractivity contribution in [1.82, 2.24) is 24.6 Å². The van der Waals surface area contributed by atoms with Crippen LogP contribution in [-0.4, -0.2) is 79.8 Å². The molecule has 8 aromatic rings. The van der Waals surface area contributed by atoms with Crippen LogP contribution in [0.15, 0.2) is 134 Å². The van der Waals surface area contributed by atoms with Gasteiger partial charge in [-0.25, -0.2) is 14.2 Å². The summed E-state index contributed by atoms with van der Waals surface area (Å²) in [6.45, 7) is 8.74. The second-order valence-corrected chi connectivity index (χ2v) is 20.0. The van der Waals surface area contributed by atoms with Crippen molar-refractivity contribution in [3.8, 4) is 29.2 Å². The van der Waals surface area contributed by atoms with Gasteiger partial charge in [-0.05, 0) is 104 Å². The van der Waals surface area contributed by atoms with Crippen LogP contribution in [0.2, 0.25) is 0 Å². The number of aliphatic hydroxyl groups excluding tert-OH is 1. The third kappa shape index (κ3) is 8.28. The zero-order valence-corrected chi connectivity index (χ0v) is 40.4. The number of likely N-dealkylation sites (tertiary alicyclic amines) is 1. The van der Waals surface area contributed by atoms with Crippen LogP contribution in [0, 0.1) is 25.1 Å². The molecule has 4 heterocycles. The first-order valence-electron chi connectivity index (χ1n) is 24.5. The van der Waals surface area contributed by atoms with Crippen LogP contribution in [0.1, 0.15) is 84.9 Å². The van der Waals surface area contributed by atoms with Crippen molar-refractivity contribution >= 4 is 39.7 Å². The molecular formula is C59H56FN7O4. The number of carbonyl (C=O) groups is 1. The fraction of sp³-hybridized carbons (Fsp3) is 0.288. The lowest BCUT2D eigenvalue weighted by molar-refractivity contribution is 0.0214. The minimum Gasteiger partial charge on any atom is -0.486 e. The second kappa shape index (κ2) is 18.2. The standard InChI is InChI=1S/C59H56FN7O4/c1-6-38-22-24-39(25-23-38)36-70-54-52(46(40-26-27-40)31-47-53(54)62-56(61-28-29-68)63-55(47)65-33-45-30-44(65)34-66(45)57(69)71-58(3,4)5)51-37(2)49(60)32-50-48(51)35-67(64-50)59(41-16-10-7-11-17-41,42-18-12-8-13-19-42)43-20-14-9-15-21-43/h1,7-25,31-32,35,40,44-45,68H,26-30,33-34,36H2,2-5H3,(H,61,62,63)/t44-,45-/m0/s1. The van der Waals surface area contributed by atoms with E-state index in [2.05, 4.69) is 64.8 Å². The summed E-state index contributed by atoms with van der Waals surface area (Å²) < 4.78 is 32.1. The third-order valence-corrected chi connectivity index (χ3v) is 14.2. The topological polar surface area (TPSA) is 118 Å². The molecule has 2 bridgehead atoms. The van der Waals surface area contributed by atoms with Crippen molar-refractivity contribution in [1.29, 1.82) is 0 Å². The highest BCUT2D eigenvalue weighted by Gasteiger charge is 2.48. The van der Waals surface area contributed by atoms with Crippen LogP contribution in [-0.2, 0) is 16.9 Å². The molecule has 2 atom stereocenters. The molecule has 2 saturated heterocycles. The molecule has 6 aromatic carbocycles. The number of anilines is 2. The fourth-order valence-corrected chi connectivity index (χ4v) is 10.8. The van der Waals surface area contributed by atoms with Crippen LogP contribution >= 0.6 is 0 Å². The summed E-state index contributed by atoms with van der Waals surface area (Å²) in [5.74, 6) is 3.97. The zero-order chi connectivity index (χ0) is 49.0. The number of halogens is 1. The first kappa shape index (κ1) is 45.7. The number of nitrogens with one attached hydrogen (secondary N) is 1. The van der Waals surface area contributed by atoms with Gasteiger partial charge in [0.05, 0.1) is 24.2 Å². The van der Waals surface area contributed by atoms with Gasteiger partial charge in [0.1, 0.15) is 34.9 Å².